The molecule has 10 heteroatoms. The van der Waals surface area contributed by atoms with E-state index < -0.39 is 24.2 Å². The average molecular weight is 595 g/mol. The van der Waals surface area contributed by atoms with Gasteiger partial charge in [0.25, 0.3) is 5.91 Å². The minimum atomic E-state index is -0.802. The van der Waals surface area contributed by atoms with Gasteiger partial charge in [0.05, 0.1) is 12.6 Å². The molecule has 4 atom stereocenters. The zero-order valence-electron chi connectivity index (χ0n) is 25.1. The Morgan fingerprint density at radius 2 is 1.60 bits per heavy atom. The first kappa shape index (κ1) is 31.4. The number of benzene rings is 1. The summed E-state index contributed by atoms with van der Waals surface area (Å²) in [7, 11) is 0. The van der Waals surface area contributed by atoms with Gasteiger partial charge >= 0.3 is 0 Å². The third-order valence-electron chi connectivity index (χ3n) is 7.96. The first-order valence-corrected chi connectivity index (χ1v) is 15.7. The van der Waals surface area contributed by atoms with Gasteiger partial charge in [-0.1, -0.05) is 45.9 Å². The van der Waals surface area contributed by atoms with E-state index in [1.807, 2.05) is 43.5 Å². The standard InChI is InChI=1S/C32H42N4O5S/c1-19(2)8-13-24(33-21(5)37)31(40)36-18-27(38)29-26(36)14-15-35(29)32(41)25(17-20(3)4)34-30(39)23-11-9-22(10-12-23)28-7-6-16-42-28/h6-7,9-12,16,19-20,24-26,29H,8,13-15,17-18H2,1-5H3,(H,33,37)(H,34,39). The molecule has 1 aromatic heterocycles. The molecule has 2 aliphatic heterocycles. The molecule has 2 N–H and O–H groups in total. The molecule has 226 valence electrons. The third kappa shape index (κ3) is 7.27. The lowest BCUT2D eigenvalue weighted by Crippen LogP contribution is -2.53. The summed E-state index contributed by atoms with van der Waals surface area (Å²) in [4.78, 5) is 69.9. The van der Waals surface area contributed by atoms with Crippen molar-refractivity contribution in [3.8, 4) is 10.4 Å². The summed E-state index contributed by atoms with van der Waals surface area (Å²) in [6.45, 7) is 9.68. The van der Waals surface area contributed by atoms with Crippen molar-refractivity contribution >= 4 is 40.7 Å². The number of rotatable bonds is 11. The lowest BCUT2D eigenvalue weighted by atomic mass is 10.0. The van der Waals surface area contributed by atoms with Gasteiger partial charge in [-0.3, -0.25) is 24.0 Å². The Morgan fingerprint density at radius 3 is 2.19 bits per heavy atom. The van der Waals surface area contributed by atoms with Crippen LogP contribution in [0.5, 0.6) is 0 Å². The van der Waals surface area contributed by atoms with Crippen LogP contribution in [0.15, 0.2) is 41.8 Å². The quantitative estimate of drug-likeness (QED) is 0.410. The predicted molar refractivity (Wildman–Crippen MR) is 163 cm³/mol. The van der Waals surface area contributed by atoms with E-state index >= 15 is 0 Å². The molecule has 2 fully saturated rings. The molecule has 9 nitrogen and oxygen atoms in total. The number of amides is 4. The lowest BCUT2D eigenvalue weighted by Gasteiger charge is -2.30. The highest BCUT2D eigenvalue weighted by atomic mass is 32.1. The summed E-state index contributed by atoms with van der Waals surface area (Å²) in [6.07, 6.45) is 2.13. The fourth-order valence-electron chi connectivity index (χ4n) is 5.92. The van der Waals surface area contributed by atoms with Gasteiger partial charge in [-0.25, -0.2) is 0 Å². The second-order valence-electron chi connectivity index (χ2n) is 12.2. The minimum absolute atomic E-state index is 0.0898. The molecule has 2 aliphatic rings. The Bertz CT molecular complexity index is 1290. The van der Waals surface area contributed by atoms with Crippen molar-refractivity contribution in [1.82, 2.24) is 20.4 Å². The summed E-state index contributed by atoms with van der Waals surface area (Å²) in [6, 6.07) is 8.58. The maximum absolute atomic E-state index is 13.9. The summed E-state index contributed by atoms with van der Waals surface area (Å²) in [5.41, 5.74) is 1.47. The molecule has 1 aromatic carbocycles. The molecule has 0 bridgehead atoms. The van der Waals surface area contributed by atoms with Crippen LogP contribution in [0.4, 0.5) is 0 Å². The van der Waals surface area contributed by atoms with Crippen molar-refractivity contribution in [2.45, 2.75) is 84.5 Å². The zero-order valence-corrected chi connectivity index (χ0v) is 25.9. The maximum atomic E-state index is 13.9. The van der Waals surface area contributed by atoms with E-state index in [2.05, 4.69) is 24.5 Å². The highest BCUT2D eigenvalue weighted by Gasteiger charge is 2.53. The second-order valence-corrected chi connectivity index (χ2v) is 13.1. The number of Topliss-reactive ketones (excluding diaryl/α,β-unsaturated/α-hetero) is 1. The fraction of sp³-hybridized carbons (Fsp3) is 0.531. The SMILES string of the molecule is CC(=O)NC(CCC(C)C)C(=O)N1CC(=O)C2C1CCN2C(=O)C(CC(C)C)NC(=O)c1ccc(-c2cccs2)cc1. The molecular formula is C32H42N4O5S. The van der Waals surface area contributed by atoms with Crippen molar-refractivity contribution < 1.29 is 24.0 Å². The Morgan fingerprint density at radius 1 is 0.905 bits per heavy atom. The van der Waals surface area contributed by atoms with Gasteiger partial charge in [0.2, 0.25) is 17.7 Å². The van der Waals surface area contributed by atoms with Gasteiger partial charge in [0.15, 0.2) is 5.78 Å². The molecule has 0 radical (unpaired) electrons. The summed E-state index contributed by atoms with van der Waals surface area (Å²) >= 11 is 1.62. The van der Waals surface area contributed by atoms with E-state index in [-0.39, 0.29) is 41.9 Å². The summed E-state index contributed by atoms with van der Waals surface area (Å²) in [5.74, 6) is -0.941. The number of likely N-dealkylation sites (tertiary alicyclic amines) is 2. The monoisotopic (exact) mass is 594 g/mol. The van der Waals surface area contributed by atoms with Crippen LogP contribution < -0.4 is 10.6 Å². The van der Waals surface area contributed by atoms with Gasteiger partial charge in [-0.2, -0.15) is 0 Å². The second kappa shape index (κ2) is 13.6. The molecule has 0 saturated carbocycles. The van der Waals surface area contributed by atoms with Crippen LogP contribution in [-0.4, -0.2) is 76.5 Å². The van der Waals surface area contributed by atoms with E-state index in [9.17, 15) is 24.0 Å². The molecule has 42 heavy (non-hydrogen) atoms. The van der Waals surface area contributed by atoms with Crippen LogP contribution >= 0.6 is 11.3 Å². The third-order valence-corrected chi connectivity index (χ3v) is 8.88. The Labute approximate surface area is 252 Å². The molecule has 0 aliphatic carbocycles. The number of nitrogens with one attached hydrogen (secondary N) is 2. The van der Waals surface area contributed by atoms with Crippen molar-refractivity contribution in [2.24, 2.45) is 11.8 Å². The smallest absolute Gasteiger partial charge is 0.251 e. The van der Waals surface area contributed by atoms with Crippen molar-refractivity contribution in [3.05, 3.63) is 47.3 Å². The van der Waals surface area contributed by atoms with Gasteiger partial charge in [-0.15, -0.1) is 11.3 Å². The van der Waals surface area contributed by atoms with E-state index in [1.54, 1.807) is 33.3 Å². The van der Waals surface area contributed by atoms with Gasteiger partial charge in [0.1, 0.15) is 18.1 Å². The molecule has 2 saturated heterocycles. The Hall–Kier alpha value is -3.53. The van der Waals surface area contributed by atoms with E-state index in [1.165, 1.54) is 6.92 Å². The number of carbonyl (C=O) groups is 5. The van der Waals surface area contributed by atoms with Gasteiger partial charge in [-0.05, 0) is 66.7 Å². The minimum Gasteiger partial charge on any atom is -0.345 e. The largest absolute Gasteiger partial charge is 0.345 e. The fourth-order valence-corrected chi connectivity index (χ4v) is 6.66. The molecule has 3 heterocycles. The molecule has 2 aromatic rings. The van der Waals surface area contributed by atoms with Crippen LogP contribution in [-0.2, 0) is 19.2 Å². The molecular weight excluding hydrogens is 552 g/mol. The maximum Gasteiger partial charge on any atom is 0.251 e. The number of ketones is 1. The molecule has 4 unspecified atom stereocenters. The number of fused-ring (bicyclic) bond motifs is 1. The summed E-state index contributed by atoms with van der Waals surface area (Å²) < 4.78 is 0. The number of thiophene rings is 1. The van der Waals surface area contributed by atoms with Crippen molar-refractivity contribution in [2.75, 3.05) is 13.1 Å². The number of carbonyl (C=O) groups excluding carboxylic acids is 5. The van der Waals surface area contributed by atoms with Crippen LogP contribution in [0.1, 0.15) is 70.7 Å². The van der Waals surface area contributed by atoms with E-state index in [0.29, 0.717) is 37.3 Å². The van der Waals surface area contributed by atoms with Crippen molar-refractivity contribution in [1.29, 1.82) is 0 Å². The summed E-state index contributed by atoms with van der Waals surface area (Å²) in [5, 5.41) is 7.68. The lowest BCUT2D eigenvalue weighted by molar-refractivity contribution is -0.138. The number of hydrogen-bond acceptors (Lipinski definition) is 6. The number of hydrogen-bond donors (Lipinski definition) is 2. The zero-order chi connectivity index (χ0) is 30.6. The van der Waals surface area contributed by atoms with Crippen LogP contribution in [0.25, 0.3) is 10.4 Å². The molecule has 4 amide bonds. The predicted octanol–water partition coefficient (Wildman–Crippen LogP) is 3.88. The van der Waals surface area contributed by atoms with E-state index in [0.717, 1.165) is 16.9 Å². The van der Waals surface area contributed by atoms with Gasteiger partial charge < -0.3 is 20.4 Å². The first-order chi connectivity index (χ1) is 20.0. The Kier molecular flexibility index (Phi) is 10.2. The van der Waals surface area contributed by atoms with Crippen LogP contribution in [0.3, 0.4) is 0 Å². The topological polar surface area (TPSA) is 116 Å². The normalized spacial score (nSPS) is 19.6. The average Bonchev–Trinajstić information content (AvgIpc) is 3.69. The van der Waals surface area contributed by atoms with Crippen LogP contribution in [0.2, 0.25) is 0 Å². The highest BCUT2D eigenvalue weighted by molar-refractivity contribution is 7.13. The molecule has 0 spiro atoms. The Balaban J connectivity index is 1.47. The molecule has 4 rings (SSSR count). The first-order valence-electron chi connectivity index (χ1n) is 14.8. The van der Waals surface area contributed by atoms with Gasteiger partial charge in [0, 0.05) is 23.9 Å². The van der Waals surface area contributed by atoms with Crippen molar-refractivity contribution in [3.63, 3.8) is 0 Å². The van der Waals surface area contributed by atoms with E-state index in [4.69, 9.17) is 0 Å². The highest BCUT2D eigenvalue weighted by Crippen LogP contribution is 2.32. The number of nitrogens with zero attached hydrogens (tertiary/aromatic N) is 2. The van der Waals surface area contributed by atoms with Crippen LogP contribution in [0, 0.1) is 11.8 Å².